The summed E-state index contributed by atoms with van der Waals surface area (Å²) in [6, 6.07) is 8.79. The summed E-state index contributed by atoms with van der Waals surface area (Å²) in [7, 11) is 1.55. The number of hydrogen-bond acceptors (Lipinski definition) is 4. The minimum atomic E-state index is -0.122. The van der Waals surface area contributed by atoms with Crippen LogP contribution in [0.1, 0.15) is 62.4 Å². The van der Waals surface area contributed by atoms with Gasteiger partial charge in [-0.15, -0.1) is 0 Å². The lowest BCUT2D eigenvalue weighted by Gasteiger charge is -2.23. The topological polar surface area (TPSA) is 52.6 Å². The predicted molar refractivity (Wildman–Crippen MR) is 89.0 cm³/mol. The minimum Gasteiger partial charge on any atom is -0.497 e. The Labute approximate surface area is 140 Å². The van der Waals surface area contributed by atoms with Crippen LogP contribution in [0, 0.1) is 0 Å². The number of ketones is 2. The quantitative estimate of drug-likeness (QED) is 0.740. The van der Waals surface area contributed by atoms with Crippen LogP contribution in [0.3, 0.4) is 0 Å². The smallest absolute Gasteiger partial charge is 0.194 e. The first kappa shape index (κ1) is 15.1. The van der Waals surface area contributed by atoms with E-state index in [1.54, 1.807) is 31.4 Å². The third-order valence-electron chi connectivity index (χ3n) is 4.89. The van der Waals surface area contributed by atoms with E-state index in [2.05, 4.69) is 0 Å². The lowest BCUT2D eigenvalue weighted by Crippen LogP contribution is -2.23. The molecule has 0 aromatic heterocycles. The Balaban J connectivity index is 1.92. The fraction of sp³-hybridized carbons (Fsp3) is 0.300. The number of rotatable bonds is 3. The lowest BCUT2D eigenvalue weighted by atomic mass is 9.80. The number of methoxy groups -OCH3 is 1. The van der Waals surface area contributed by atoms with E-state index in [0.717, 1.165) is 24.0 Å². The van der Waals surface area contributed by atoms with Crippen molar-refractivity contribution >= 4 is 11.6 Å². The lowest BCUT2D eigenvalue weighted by molar-refractivity contribution is 0.0629. The largest absolute Gasteiger partial charge is 0.497 e. The predicted octanol–water partition coefficient (Wildman–Crippen LogP) is 3.49. The number of fused-ring (bicyclic) bond motifs is 4. The van der Waals surface area contributed by atoms with Crippen LogP contribution >= 0.6 is 0 Å². The second-order valence-corrected chi connectivity index (χ2v) is 6.11. The highest BCUT2D eigenvalue weighted by Gasteiger charge is 2.37. The number of aryl methyl sites for hydroxylation is 1. The molecule has 2 aromatic rings. The highest BCUT2D eigenvalue weighted by Crippen LogP contribution is 2.41. The van der Waals surface area contributed by atoms with Crippen molar-refractivity contribution in [2.45, 2.75) is 25.9 Å². The van der Waals surface area contributed by atoms with E-state index in [0.29, 0.717) is 34.6 Å². The molecule has 4 nitrogen and oxygen atoms in total. The van der Waals surface area contributed by atoms with E-state index in [1.165, 1.54) is 0 Å². The summed E-state index contributed by atoms with van der Waals surface area (Å²) >= 11 is 0. The number of hydrogen-bond donors (Lipinski definition) is 0. The van der Waals surface area contributed by atoms with Crippen molar-refractivity contribution < 1.29 is 19.1 Å². The van der Waals surface area contributed by atoms with Crippen LogP contribution in [0.15, 0.2) is 30.3 Å². The number of carbonyl (C=O) groups excluding carboxylic acids is 2. The molecule has 4 heteroatoms. The average Bonchev–Trinajstić information content (AvgIpc) is 3.02. The first-order valence-electron chi connectivity index (χ1n) is 8.20. The van der Waals surface area contributed by atoms with Crippen molar-refractivity contribution in [1.82, 2.24) is 0 Å². The molecule has 0 fully saturated rings. The van der Waals surface area contributed by atoms with Crippen molar-refractivity contribution in [3.05, 3.63) is 63.7 Å². The van der Waals surface area contributed by atoms with E-state index in [1.807, 2.05) is 13.0 Å². The first-order chi connectivity index (χ1) is 11.7. The molecule has 1 unspecified atom stereocenters. The molecule has 0 heterocycles. The van der Waals surface area contributed by atoms with Gasteiger partial charge in [-0.3, -0.25) is 9.59 Å². The third-order valence-corrected chi connectivity index (χ3v) is 4.89. The summed E-state index contributed by atoms with van der Waals surface area (Å²) in [4.78, 5) is 26.1. The Morgan fingerprint density at radius 3 is 2.58 bits per heavy atom. The summed E-state index contributed by atoms with van der Waals surface area (Å²) < 4.78 is 11.0. The molecule has 122 valence electrons. The first-order valence-corrected chi connectivity index (χ1v) is 8.20. The van der Waals surface area contributed by atoms with Crippen LogP contribution < -0.4 is 4.74 Å². The molecular formula is C20H18O4. The maximum atomic E-state index is 13.1. The third kappa shape index (κ3) is 2.03. The van der Waals surface area contributed by atoms with Gasteiger partial charge in [0.2, 0.25) is 0 Å². The summed E-state index contributed by atoms with van der Waals surface area (Å²) in [6.45, 7) is 2.53. The van der Waals surface area contributed by atoms with Crippen LogP contribution in [0.5, 0.6) is 5.75 Å². The van der Waals surface area contributed by atoms with Crippen molar-refractivity contribution in [3.8, 4) is 5.75 Å². The van der Waals surface area contributed by atoms with E-state index < -0.39 is 0 Å². The molecule has 4 rings (SSSR count). The van der Waals surface area contributed by atoms with Gasteiger partial charge in [-0.1, -0.05) is 6.07 Å². The van der Waals surface area contributed by atoms with Gasteiger partial charge in [-0.2, -0.15) is 0 Å². The van der Waals surface area contributed by atoms with Gasteiger partial charge in [-0.25, -0.2) is 0 Å². The number of carbonyl (C=O) groups is 2. The summed E-state index contributed by atoms with van der Waals surface area (Å²) in [6.07, 6.45) is 1.64. The van der Waals surface area contributed by atoms with Gasteiger partial charge in [0.25, 0.3) is 0 Å². The highest BCUT2D eigenvalue weighted by molar-refractivity contribution is 6.29. The van der Waals surface area contributed by atoms with Gasteiger partial charge in [0.05, 0.1) is 13.2 Å². The molecule has 2 aliphatic rings. The summed E-state index contributed by atoms with van der Waals surface area (Å²) in [5.41, 5.74) is 3.90. The Morgan fingerprint density at radius 1 is 1.04 bits per heavy atom. The second kappa shape index (κ2) is 5.56. The van der Waals surface area contributed by atoms with Crippen molar-refractivity contribution in [2.75, 3.05) is 13.7 Å². The maximum Gasteiger partial charge on any atom is 0.194 e. The van der Waals surface area contributed by atoms with Gasteiger partial charge in [0, 0.05) is 28.9 Å². The van der Waals surface area contributed by atoms with Crippen molar-refractivity contribution in [1.29, 1.82) is 0 Å². The standard InChI is InChI=1S/C20H18O4/c1-3-24-16-9-5-11-4-7-14-18(17(11)16)20(22)13-8-6-12(23-2)10-15(13)19(14)21/h4,6-8,10,16H,3,5,9H2,1-2H3. The highest BCUT2D eigenvalue weighted by atomic mass is 16.5. The zero-order valence-electron chi connectivity index (χ0n) is 13.7. The number of benzene rings is 2. The Bertz CT molecular complexity index is 864. The molecule has 2 aliphatic carbocycles. The van der Waals surface area contributed by atoms with Gasteiger partial charge in [-0.05, 0) is 55.2 Å². The fourth-order valence-corrected chi connectivity index (χ4v) is 3.80. The van der Waals surface area contributed by atoms with Crippen LogP contribution in [0.25, 0.3) is 0 Å². The van der Waals surface area contributed by atoms with Crippen LogP contribution in [-0.4, -0.2) is 25.3 Å². The number of ether oxygens (including phenoxy) is 2. The molecule has 2 aromatic carbocycles. The second-order valence-electron chi connectivity index (χ2n) is 6.11. The fourth-order valence-electron chi connectivity index (χ4n) is 3.80. The molecule has 1 atom stereocenters. The Hall–Kier alpha value is -2.46. The van der Waals surface area contributed by atoms with Crippen LogP contribution in [-0.2, 0) is 11.2 Å². The Kier molecular flexibility index (Phi) is 3.50. The molecule has 0 bridgehead atoms. The van der Waals surface area contributed by atoms with E-state index >= 15 is 0 Å². The Morgan fingerprint density at radius 2 is 1.83 bits per heavy atom. The zero-order chi connectivity index (χ0) is 16.8. The molecular weight excluding hydrogens is 304 g/mol. The molecule has 0 N–H and O–H groups in total. The van der Waals surface area contributed by atoms with Gasteiger partial charge >= 0.3 is 0 Å². The van der Waals surface area contributed by atoms with Crippen molar-refractivity contribution in [2.24, 2.45) is 0 Å². The molecule has 0 radical (unpaired) electrons. The van der Waals surface area contributed by atoms with Gasteiger partial charge in [0.1, 0.15) is 5.75 Å². The average molecular weight is 322 g/mol. The normalized spacial score (nSPS) is 18.2. The molecule has 24 heavy (non-hydrogen) atoms. The molecule has 0 amide bonds. The minimum absolute atomic E-state index is 0.0919. The molecule has 0 aliphatic heterocycles. The summed E-state index contributed by atoms with van der Waals surface area (Å²) in [5, 5.41) is 0. The van der Waals surface area contributed by atoms with Gasteiger partial charge < -0.3 is 9.47 Å². The molecule has 0 spiro atoms. The van der Waals surface area contributed by atoms with Crippen molar-refractivity contribution in [3.63, 3.8) is 0 Å². The van der Waals surface area contributed by atoms with E-state index in [4.69, 9.17) is 9.47 Å². The molecule has 0 saturated carbocycles. The zero-order valence-corrected chi connectivity index (χ0v) is 13.7. The SMILES string of the molecule is CCOC1CCc2ccc3c(c21)C(=O)c1ccc(OC)cc1C3=O. The van der Waals surface area contributed by atoms with E-state index in [-0.39, 0.29) is 17.7 Å². The monoisotopic (exact) mass is 322 g/mol. The van der Waals surface area contributed by atoms with E-state index in [9.17, 15) is 9.59 Å². The van der Waals surface area contributed by atoms with Gasteiger partial charge in [0.15, 0.2) is 11.6 Å². The summed E-state index contributed by atoms with van der Waals surface area (Å²) in [5.74, 6) is 0.362. The molecule has 0 saturated heterocycles. The van der Waals surface area contributed by atoms with Crippen LogP contribution in [0.2, 0.25) is 0 Å². The maximum absolute atomic E-state index is 13.1. The van der Waals surface area contributed by atoms with Crippen LogP contribution in [0.4, 0.5) is 0 Å².